The average Bonchev–Trinajstić information content (AvgIpc) is 3.02. The molecule has 10 heteroatoms. The van der Waals surface area contributed by atoms with Crippen LogP contribution >= 0.6 is 11.6 Å². The zero-order valence-electron chi connectivity index (χ0n) is 13.0. The van der Waals surface area contributed by atoms with Gasteiger partial charge in [-0.1, -0.05) is 11.6 Å². The minimum Gasteiger partial charge on any atom is -0.351 e. The molecule has 3 rings (SSSR count). The molecular weight excluding hydrogens is 350 g/mol. The van der Waals surface area contributed by atoms with Crippen LogP contribution in [-0.2, 0) is 18.0 Å². The van der Waals surface area contributed by atoms with Gasteiger partial charge >= 0.3 is 0 Å². The van der Waals surface area contributed by atoms with E-state index in [1.54, 1.807) is 24.1 Å². The second kappa shape index (κ2) is 7.25. The summed E-state index contributed by atoms with van der Waals surface area (Å²) >= 11 is 5.91. The summed E-state index contributed by atoms with van der Waals surface area (Å²) in [4.78, 5) is 8.89. The first-order valence-electron chi connectivity index (χ1n) is 7.41. The number of halogens is 1. The van der Waals surface area contributed by atoms with Crippen LogP contribution in [0.15, 0.2) is 23.5 Å². The molecule has 1 aliphatic heterocycles. The SMILES string of the molecule is Cn1cc(S(=O)N2CCC(Nc3ncc(C#N)c(Cl)n3)CC2)cn1. The van der Waals surface area contributed by atoms with Crippen LogP contribution in [0.3, 0.4) is 0 Å². The minimum atomic E-state index is -1.18. The summed E-state index contributed by atoms with van der Waals surface area (Å²) in [5.41, 5.74) is 0.254. The summed E-state index contributed by atoms with van der Waals surface area (Å²) in [5.74, 6) is 0.408. The van der Waals surface area contributed by atoms with Gasteiger partial charge < -0.3 is 5.32 Å². The Hall–Kier alpha value is -2.02. The molecule has 1 atom stereocenters. The molecule has 0 bridgehead atoms. The van der Waals surface area contributed by atoms with Gasteiger partial charge in [-0.3, -0.25) is 4.68 Å². The highest BCUT2D eigenvalue weighted by Gasteiger charge is 2.24. The van der Waals surface area contributed by atoms with Crippen LogP contribution in [0.2, 0.25) is 5.15 Å². The van der Waals surface area contributed by atoms with Crippen molar-refractivity contribution < 1.29 is 4.21 Å². The third kappa shape index (κ3) is 3.72. The van der Waals surface area contributed by atoms with E-state index in [0.717, 1.165) is 12.8 Å². The first-order chi connectivity index (χ1) is 11.6. The number of nitriles is 1. The molecule has 0 aromatic carbocycles. The fourth-order valence-corrected chi connectivity index (χ4v) is 3.88. The van der Waals surface area contributed by atoms with Crippen LogP contribution < -0.4 is 5.32 Å². The summed E-state index contributed by atoms with van der Waals surface area (Å²) < 4.78 is 16.1. The van der Waals surface area contributed by atoms with Crippen molar-refractivity contribution in [3.63, 3.8) is 0 Å². The second-order valence-electron chi connectivity index (χ2n) is 5.46. The number of rotatable bonds is 4. The predicted octanol–water partition coefficient (Wildman–Crippen LogP) is 1.33. The van der Waals surface area contributed by atoms with Gasteiger partial charge in [0, 0.05) is 32.4 Å². The van der Waals surface area contributed by atoms with E-state index in [0.29, 0.717) is 23.9 Å². The lowest BCUT2D eigenvalue weighted by Gasteiger charge is -2.30. The maximum absolute atomic E-state index is 12.5. The van der Waals surface area contributed by atoms with Gasteiger partial charge in [0.05, 0.1) is 17.3 Å². The van der Waals surface area contributed by atoms with Gasteiger partial charge in [0.25, 0.3) is 0 Å². The van der Waals surface area contributed by atoms with Gasteiger partial charge in [-0.05, 0) is 12.8 Å². The maximum Gasteiger partial charge on any atom is 0.224 e. The van der Waals surface area contributed by atoms with E-state index in [1.807, 2.05) is 10.4 Å². The van der Waals surface area contributed by atoms with Crippen molar-refractivity contribution in [3.05, 3.63) is 29.3 Å². The van der Waals surface area contributed by atoms with E-state index in [4.69, 9.17) is 16.9 Å². The van der Waals surface area contributed by atoms with Crippen molar-refractivity contribution in [2.45, 2.75) is 23.8 Å². The lowest BCUT2D eigenvalue weighted by molar-refractivity contribution is 0.345. The quantitative estimate of drug-likeness (QED) is 0.820. The van der Waals surface area contributed by atoms with Crippen LogP contribution in [-0.4, -0.2) is 47.4 Å². The molecule has 0 amide bonds. The fourth-order valence-electron chi connectivity index (χ4n) is 2.49. The highest BCUT2D eigenvalue weighted by molar-refractivity contribution is 7.82. The van der Waals surface area contributed by atoms with Crippen LogP contribution in [0.25, 0.3) is 0 Å². The average molecular weight is 366 g/mol. The first kappa shape index (κ1) is 16.8. The second-order valence-corrected chi connectivity index (χ2v) is 7.30. The summed E-state index contributed by atoms with van der Waals surface area (Å²) in [7, 11) is 0.621. The topological polar surface area (TPSA) is 99.7 Å². The highest BCUT2D eigenvalue weighted by Crippen LogP contribution is 2.20. The monoisotopic (exact) mass is 365 g/mol. The van der Waals surface area contributed by atoms with Gasteiger partial charge in [0.15, 0.2) is 5.15 Å². The number of aromatic nitrogens is 4. The van der Waals surface area contributed by atoms with Gasteiger partial charge in [0.1, 0.15) is 22.6 Å². The number of piperidine rings is 1. The summed E-state index contributed by atoms with van der Waals surface area (Å²) in [6, 6.07) is 2.11. The molecule has 1 aliphatic rings. The van der Waals surface area contributed by atoms with Crippen LogP contribution in [0.5, 0.6) is 0 Å². The minimum absolute atomic E-state index is 0.144. The number of hydrogen-bond acceptors (Lipinski definition) is 6. The van der Waals surface area contributed by atoms with Gasteiger partial charge in [-0.15, -0.1) is 0 Å². The molecule has 2 aromatic heterocycles. The normalized spacial score (nSPS) is 17.4. The molecule has 0 saturated carbocycles. The molecule has 2 aromatic rings. The zero-order valence-corrected chi connectivity index (χ0v) is 14.6. The molecule has 0 spiro atoms. The van der Waals surface area contributed by atoms with E-state index in [9.17, 15) is 4.21 Å². The summed E-state index contributed by atoms with van der Waals surface area (Å²) in [6.45, 7) is 1.40. The molecular formula is C14H16ClN7OS. The van der Waals surface area contributed by atoms with Crippen molar-refractivity contribution in [1.82, 2.24) is 24.1 Å². The van der Waals surface area contributed by atoms with Crippen molar-refractivity contribution in [2.75, 3.05) is 18.4 Å². The molecule has 8 nitrogen and oxygen atoms in total. The Balaban J connectivity index is 1.56. The van der Waals surface area contributed by atoms with Crippen LogP contribution in [0.4, 0.5) is 5.95 Å². The van der Waals surface area contributed by atoms with Gasteiger partial charge in [0.2, 0.25) is 5.95 Å². The van der Waals surface area contributed by atoms with Crippen molar-refractivity contribution in [1.29, 1.82) is 5.26 Å². The molecule has 126 valence electrons. The predicted molar refractivity (Wildman–Crippen MR) is 89.6 cm³/mol. The maximum atomic E-state index is 12.5. The Morgan fingerprint density at radius 1 is 1.42 bits per heavy atom. The molecule has 1 saturated heterocycles. The zero-order chi connectivity index (χ0) is 17.1. The Labute approximate surface area is 147 Å². The number of anilines is 1. The summed E-state index contributed by atoms with van der Waals surface area (Å²) in [5, 5.41) is 16.3. The molecule has 0 aliphatic carbocycles. The van der Waals surface area contributed by atoms with Crippen molar-refractivity contribution in [2.24, 2.45) is 7.05 Å². The number of nitrogens with one attached hydrogen (secondary N) is 1. The Kier molecular flexibility index (Phi) is 5.08. The number of aryl methyl sites for hydroxylation is 1. The third-order valence-corrected chi connectivity index (χ3v) is 5.50. The van der Waals surface area contributed by atoms with Gasteiger partial charge in [-0.25, -0.2) is 13.5 Å². The Bertz CT molecular complexity index is 795. The van der Waals surface area contributed by atoms with E-state index in [2.05, 4.69) is 20.4 Å². The lowest BCUT2D eigenvalue weighted by Crippen LogP contribution is -2.40. The molecule has 1 fully saturated rings. The standard InChI is InChI=1S/C14H16ClN7OS/c1-21-9-12(8-18-21)24(23)22-4-2-11(3-5-22)19-14-17-7-10(6-16)13(15)20-14/h7-9,11H,2-5H2,1H3,(H,17,19,20). The van der Waals surface area contributed by atoms with E-state index < -0.39 is 11.0 Å². The van der Waals surface area contributed by atoms with E-state index >= 15 is 0 Å². The molecule has 0 radical (unpaired) electrons. The molecule has 1 unspecified atom stereocenters. The third-order valence-electron chi connectivity index (χ3n) is 3.77. The molecule has 1 N–H and O–H groups in total. The van der Waals surface area contributed by atoms with Crippen LogP contribution in [0.1, 0.15) is 18.4 Å². The molecule has 3 heterocycles. The lowest BCUT2D eigenvalue weighted by atomic mass is 10.1. The Morgan fingerprint density at radius 3 is 2.75 bits per heavy atom. The molecule has 24 heavy (non-hydrogen) atoms. The Morgan fingerprint density at radius 2 is 2.17 bits per heavy atom. The van der Waals surface area contributed by atoms with Crippen molar-refractivity contribution in [3.8, 4) is 6.07 Å². The van der Waals surface area contributed by atoms with Crippen molar-refractivity contribution >= 4 is 28.5 Å². The van der Waals surface area contributed by atoms with Gasteiger partial charge in [-0.2, -0.15) is 15.3 Å². The number of nitrogens with zero attached hydrogens (tertiary/aromatic N) is 6. The smallest absolute Gasteiger partial charge is 0.224 e. The first-order valence-corrected chi connectivity index (χ1v) is 8.90. The highest BCUT2D eigenvalue weighted by atomic mass is 35.5. The summed E-state index contributed by atoms with van der Waals surface area (Å²) in [6.07, 6.45) is 6.43. The number of hydrogen-bond donors (Lipinski definition) is 1. The fraction of sp³-hybridized carbons (Fsp3) is 0.429. The van der Waals surface area contributed by atoms with Crippen LogP contribution in [0, 0.1) is 11.3 Å². The van der Waals surface area contributed by atoms with E-state index in [-0.39, 0.29) is 16.8 Å². The van der Waals surface area contributed by atoms with E-state index in [1.165, 1.54) is 6.20 Å². The largest absolute Gasteiger partial charge is 0.351 e.